The fourth-order valence-corrected chi connectivity index (χ4v) is 2.54. The summed E-state index contributed by atoms with van der Waals surface area (Å²) in [6.07, 6.45) is 0.419. The fraction of sp³-hybridized carbons (Fsp3) is 0.857. The van der Waals surface area contributed by atoms with Crippen LogP contribution in [-0.4, -0.2) is 44.0 Å². The van der Waals surface area contributed by atoms with Crippen molar-refractivity contribution in [2.24, 2.45) is 11.5 Å². The van der Waals surface area contributed by atoms with Crippen molar-refractivity contribution in [1.29, 1.82) is 0 Å². The van der Waals surface area contributed by atoms with Crippen molar-refractivity contribution in [3.05, 3.63) is 0 Å². The summed E-state index contributed by atoms with van der Waals surface area (Å²) in [5.74, 6) is -0.678. The molecule has 0 saturated carbocycles. The summed E-state index contributed by atoms with van der Waals surface area (Å²) in [5.41, 5.74) is 10.2. The molecule has 6 nitrogen and oxygen atoms in total. The summed E-state index contributed by atoms with van der Waals surface area (Å²) in [6, 6.07) is 0. The van der Waals surface area contributed by atoms with E-state index >= 15 is 0 Å². The Morgan fingerprint density at radius 1 is 1.50 bits per heavy atom. The third kappa shape index (κ3) is 3.24. The molecule has 0 saturated heterocycles. The SMILES string of the molecule is CCC(CN)S(=O)(=O)N(C)CC(N)=O. The minimum Gasteiger partial charge on any atom is -0.369 e. The molecule has 1 amide bonds. The molecule has 0 aromatic rings. The Kier molecular flexibility index (Phi) is 5.03. The molecule has 0 aromatic heterocycles. The van der Waals surface area contributed by atoms with Gasteiger partial charge in [0.25, 0.3) is 0 Å². The highest BCUT2D eigenvalue weighted by Gasteiger charge is 2.27. The van der Waals surface area contributed by atoms with Gasteiger partial charge < -0.3 is 11.5 Å². The normalized spacial score (nSPS) is 14.3. The molecule has 0 bridgehead atoms. The standard InChI is InChI=1S/C7H17N3O3S/c1-3-6(4-8)14(12,13)10(2)5-7(9)11/h6H,3-5,8H2,1-2H3,(H2,9,11). The van der Waals surface area contributed by atoms with Gasteiger partial charge in [-0.15, -0.1) is 0 Å². The lowest BCUT2D eigenvalue weighted by molar-refractivity contribution is -0.118. The number of rotatable bonds is 6. The van der Waals surface area contributed by atoms with Crippen LogP contribution < -0.4 is 11.5 Å². The first-order chi connectivity index (χ1) is 6.36. The van der Waals surface area contributed by atoms with Crippen molar-refractivity contribution in [3.63, 3.8) is 0 Å². The quantitative estimate of drug-likeness (QED) is 0.569. The number of hydrogen-bond acceptors (Lipinski definition) is 4. The molecular weight excluding hydrogens is 206 g/mol. The molecule has 4 N–H and O–H groups in total. The lowest BCUT2D eigenvalue weighted by Crippen LogP contribution is -2.43. The van der Waals surface area contributed by atoms with Crippen LogP contribution in [0.1, 0.15) is 13.3 Å². The second-order valence-electron chi connectivity index (χ2n) is 3.03. The van der Waals surface area contributed by atoms with Crippen LogP contribution in [0.4, 0.5) is 0 Å². The summed E-state index contributed by atoms with van der Waals surface area (Å²) >= 11 is 0. The van der Waals surface area contributed by atoms with Crippen LogP contribution in [0.5, 0.6) is 0 Å². The molecule has 1 unspecified atom stereocenters. The van der Waals surface area contributed by atoms with Gasteiger partial charge in [0.05, 0.1) is 11.8 Å². The van der Waals surface area contributed by atoms with Crippen molar-refractivity contribution >= 4 is 15.9 Å². The number of likely N-dealkylation sites (N-methyl/N-ethyl adjacent to an activating group) is 1. The molecule has 0 aliphatic carbocycles. The van der Waals surface area contributed by atoms with Crippen LogP contribution in [0.25, 0.3) is 0 Å². The smallest absolute Gasteiger partial charge is 0.232 e. The Morgan fingerprint density at radius 2 is 2.00 bits per heavy atom. The van der Waals surface area contributed by atoms with Crippen LogP contribution >= 0.6 is 0 Å². The van der Waals surface area contributed by atoms with Gasteiger partial charge in [-0.05, 0) is 6.42 Å². The fourth-order valence-electron chi connectivity index (χ4n) is 1.06. The van der Waals surface area contributed by atoms with Crippen LogP contribution in [0, 0.1) is 0 Å². The van der Waals surface area contributed by atoms with Crippen molar-refractivity contribution in [2.75, 3.05) is 20.1 Å². The van der Waals surface area contributed by atoms with Crippen LogP contribution in [0.3, 0.4) is 0 Å². The number of nitrogens with zero attached hydrogens (tertiary/aromatic N) is 1. The molecule has 0 radical (unpaired) electrons. The van der Waals surface area contributed by atoms with Gasteiger partial charge in [0.2, 0.25) is 15.9 Å². The second-order valence-corrected chi connectivity index (χ2v) is 5.35. The highest BCUT2D eigenvalue weighted by molar-refractivity contribution is 7.89. The maximum Gasteiger partial charge on any atom is 0.232 e. The number of primary amides is 1. The molecule has 7 heteroatoms. The highest BCUT2D eigenvalue weighted by atomic mass is 32.2. The van der Waals surface area contributed by atoms with Gasteiger partial charge in [-0.2, -0.15) is 4.31 Å². The lowest BCUT2D eigenvalue weighted by Gasteiger charge is -2.21. The largest absolute Gasteiger partial charge is 0.369 e. The van der Waals surface area contributed by atoms with Crippen LogP contribution in [-0.2, 0) is 14.8 Å². The number of amides is 1. The predicted octanol–water partition coefficient (Wildman–Crippen LogP) is -1.53. The first-order valence-corrected chi connectivity index (χ1v) is 5.80. The van der Waals surface area contributed by atoms with Crippen molar-refractivity contribution in [3.8, 4) is 0 Å². The van der Waals surface area contributed by atoms with Gasteiger partial charge in [-0.3, -0.25) is 4.79 Å². The van der Waals surface area contributed by atoms with Gasteiger partial charge in [0, 0.05) is 13.6 Å². The molecule has 14 heavy (non-hydrogen) atoms. The third-order valence-electron chi connectivity index (χ3n) is 1.95. The Hall–Kier alpha value is -0.660. The van der Waals surface area contributed by atoms with Crippen molar-refractivity contribution in [1.82, 2.24) is 4.31 Å². The maximum atomic E-state index is 11.7. The van der Waals surface area contributed by atoms with E-state index in [1.165, 1.54) is 7.05 Å². The van der Waals surface area contributed by atoms with Gasteiger partial charge >= 0.3 is 0 Å². The number of carbonyl (C=O) groups is 1. The van der Waals surface area contributed by atoms with E-state index in [4.69, 9.17) is 11.5 Å². The Balaban J connectivity index is 4.67. The van der Waals surface area contributed by atoms with E-state index < -0.39 is 21.2 Å². The number of hydrogen-bond donors (Lipinski definition) is 2. The van der Waals surface area contributed by atoms with E-state index in [-0.39, 0.29) is 13.1 Å². The maximum absolute atomic E-state index is 11.7. The molecule has 0 aliphatic heterocycles. The number of nitrogens with two attached hydrogens (primary N) is 2. The zero-order valence-corrected chi connectivity index (χ0v) is 9.25. The third-order valence-corrected chi connectivity index (χ3v) is 4.32. The molecular formula is C7H17N3O3S. The van der Waals surface area contributed by atoms with E-state index in [1.807, 2.05) is 0 Å². The van der Waals surface area contributed by atoms with Crippen molar-refractivity contribution in [2.45, 2.75) is 18.6 Å². The monoisotopic (exact) mass is 223 g/mol. The topological polar surface area (TPSA) is 106 Å². The van der Waals surface area contributed by atoms with Crippen molar-refractivity contribution < 1.29 is 13.2 Å². The summed E-state index contributed by atoms with van der Waals surface area (Å²) in [4.78, 5) is 10.5. The molecule has 0 rings (SSSR count). The van der Waals surface area contributed by atoms with Gasteiger partial charge in [0.1, 0.15) is 0 Å². The Labute approximate surface area is 84.3 Å². The number of sulfonamides is 1. The zero-order valence-electron chi connectivity index (χ0n) is 8.43. The lowest BCUT2D eigenvalue weighted by atomic mass is 10.3. The molecule has 1 atom stereocenters. The predicted molar refractivity (Wildman–Crippen MR) is 53.9 cm³/mol. The Bertz CT molecular complexity index is 285. The minimum absolute atomic E-state index is 0.0436. The van der Waals surface area contributed by atoms with E-state index in [2.05, 4.69) is 0 Å². The van der Waals surface area contributed by atoms with E-state index in [0.29, 0.717) is 6.42 Å². The summed E-state index contributed by atoms with van der Waals surface area (Å²) < 4.78 is 24.3. The molecule has 0 aliphatic rings. The van der Waals surface area contributed by atoms with Gasteiger partial charge in [-0.25, -0.2) is 8.42 Å². The van der Waals surface area contributed by atoms with E-state index in [0.717, 1.165) is 4.31 Å². The minimum atomic E-state index is -3.49. The van der Waals surface area contributed by atoms with E-state index in [1.54, 1.807) is 6.92 Å². The summed E-state index contributed by atoms with van der Waals surface area (Å²) in [6.45, 7) is 1.47. The molecule has 0 spiro atoms. The number of carbonyl (C=O) groups excluding carboxylic acids is 1. The first-order valence-electron chi connectivity index (χ1n) is 4.29. The van der Waals surface area contributed by atoms with E-state index in [9.17, 15) is 13.2 Å². The zero-order chi connectivity index (χ0) is 11.4. The Morgan fingerprint density at radius 3 is 2.29 bits per heavy atom. The molecule has 0 heterocycles. The summed E-state index contributed by atoms with van der Waals surface area (Å²) in [7, 11) is -2.17. The summed E-state index contributed by atoms with van der Waals surface area (Å²) in [5, 5.41) is -0.646. The van der Waals surface area contributed by atoms with Gasteiger partial charge in [0.15, 0.2) is 0 Å². The highest BCUT2D eigenvalue weighted by Crippen LogP contribution is 2.08. The molecule has 84 valence electrons. The molecule has 0 fully saturated rings. The van der Waals surface area contributed by atoms with Crippen LogP contribution in [0.15, 0.2) is 0 Å². The average Bonchev–Trinajstić information content (AvgIpc) is 2.04. The van der Waals surface area contributed by atoms with Gasteiger partial charge in [-0.1, -0.05) is 6.92 Å². The molecule has 0 aromatic carbocycles. The second kappa shape index (κ2) is 5.28. The average molecular weight is 223 g/mol. The first kappa shape index (κ1) is 13.3. The van der Waals surface area contributed by atoms with Crippen LogP contribution in [0.2, 0.25) is 0 Å².